The molecule has 1 heterocycles. The average molecular weight is 444 g/mol. The third-order valence-corrected chi connectivity index (χ3v) is 8.89. The summed E-state index contributed by atoms with van der Waals surface area (Å²) in [5.74, 6) is 2.52. The molecule has 1 amide bonds. The van der Waals surface area contributed by atoms with Crippen molar-refractivity contribution in [1.29, 1.82) is 0 Å². The molecular weight excluding hydrogens is 414 g/mol. The fourth-order valence-corrected chi connectivity index (χ4v) is 7.52. The molecule has 8 heteroatoms. The molecule has 166 valence electrons. The van der Waals surface area contributed by atoms with Crippen LogP contribution in [0.3, 0.4) is 0 Å². The minimum Gasteiger partial charge on any atom is -0.496 e. The zero-order chi connectivity index (χ0) is 21.8. The van der Waals surface area contributed by atoms with E-state index < -0.39 is 10.2 Å². The number of nitrogens with one attached hydrogen (secondary N) is 1. The molecule has 4 saturated carbocycles. The Labute approximate surface area is 183 Å². The van der Waals surface area contributed by atoms with Crippen molar-refractivity contribution in [2.75, 3.05) is 20.7 Å². The van der Waals surface area contributed by atoms with Gasteiger partial charge in [-0.1, -0.05) is 12.1 Å². The number of methoxy groups -OCH3 is 1. The first-order chi connectivity index (χ1) is 14.8. The lowest BCUT2D eigenvalue weighted by atomic mass is 9.49. The lowest BCUT2D eigenvalue weighted by Crippen LogP contribution is -2.52. The number of amides is 1. The highest BCUT2D eigenvalue weighted by atomic mass is 32.2. The second-order valence-corrected chi connectivity index (χ2v) is 11.4. The third kappa shape index (κ3) is 3.64. The standard InChI is InChI=1S/C23H29N3O4S/c1-26-20(10-19(25-31(26,28)29)18-5-3-4-6-21(18)30-2)22(27)24-14-23-11-15-7-16(12-23)9-17(8-15)13-23/h3-6,10,15-17H,7-9,11-14H2,1-2H3,(H,24,27). The van der Waals surface area contributed by atoms with E-state index in [-0.39, 0.29) is 22.7 Å². The minimum absolute atomic E-state index is 0.0839. The SMILES string of the molecule is COc1ccccc1C1=NS(=O)(=O)N(C)C(C(=O)NCC23CC4CC(CC(C4)C2)C3)=C1. The summed E-state index contributed by atoms with van der Waals surface area (Å²) < 4.78 is 35.6. The molecule has 0 aromatic heterocycles. The second kappa shape index (κ2) is 7.36. The van der Waals surface area contributed by atoms with E-state index >= 15 is 0 Å². The van der Waals surface area contributed by atoms with Gasteiger partial charge in [0.15, 0.2) is 0 Å². The summed E-state index contributed by atoms with van der Waals surface area (Å²) in [6.45, 7) is 0.613. The number of rotatable bonds is 5. The number of nitrogens with zero attached hydrogens (tertiary/aromatic N) is 2. The van der Waals surface area contributed by atoms with Crippen LogP contribution in [0.15, 0.2) is 40.4 Å². The van der Waals surface area contributed by atoms with Gasteiger partial charge in [-0.3, -0.25) is 4.79 Å². The molecule has 0 saturated heterocycles. The first-order valence-corrected chi connectivity index (χ1v) is 12.4. The number of carbonyl (C=O) groups excluding carboxylic acids is 1. The van der Waals surface area contributed by atoms with Crippen molar-refractivity contribution in [1.82, 2.24) is 9.62 Å². The van der Waals surface area contributed by atoms with Crippen molar-refractivity contribution in [2.45, 2.75) is 38.5 Å². The number of ether oxygens (including phenoxy) is 1. The molecule has 6 rings (SSSR count). The molecule has 1 N–H and O–H groups in total. The first kappa shape index (κ1) is 20.5. The Hall–Kier alpha value is -2.35. The van der Waals surface area contributed by atoms with Gasteiger partial charge in [-0.25, -0.2) is 4.31 Å². The smallest absolute Gasteiger partial charge is 0.345 e. The lowest BCUT2D eigenvalue weighted by molar-refractivity contribution is -0.120. The van der Waals surface area contributed by atoms with Crippen molar-refractivity contribution in [3.05, 3.63) is 41.6 Å². The van der Waals surface area contributed by atoms with E-state index in [4.69, 9.17) is 4.74 Å². The summed E-state index contributed by atoms with van der Waals surface area (Å²) in [5, 5.41) is 3.08. The van der Waals surface area contributed by atoms with Crippen LogP contribution in [0.1, 0.15) is 44.1 Å². The first-order valence-electron chi connectivity index (χ1n) is 11.0. The highest BCUT2D eigenvalue weighted by Gasteiger charge is 2.50. The fourth-order valence-electron chi connectivity index (χ4n) is 6.61. The molecule has 1 aromatic carbocycles. The van der Waals surface area contributed by atoms with Crippen molar-refractivity contribution in [3.63, 3.8) is 0 Å². The van der Waals surface area contributed by atoms with Crippen LogP contribution in [0.5, 0.6) is 5.75 Å². The zero-order valence-corrected chi connectivity index (χ0v) is 18.8. The van der Waals surface area contributed by atoms with Gasteiger partial charge < -0.3 is 10.1 Å². The monoisotopic (exact) mass is 443 g/mol. The van der Waals surface area contributed by atoms with Crippen LogP contribution in [0.2, 0.25) is 0 Å². The number of hydrogen-bond donors (Lipinski definition) is 1. The number of hydrogen-bond acceptors (Lipinski definition) is 4. The van der Waals surface area contributed by atoms with E-state index in [1.54, 1.807) is 24.3 Å². The summed E-state index contributed by atoms with van der Waals surface area (Å²) >= 11 is 0. The Bertz CT molecular complexity index is 1040. The van der Waals surface area contributed by atoms with E-state index in [1.807, 2.05) is 0 Å². The molecule has 0 unspecified atom stereocenters. The topological polar surface area (TPSA) is 88.1 Å². The lowest BCUT2D eigenvalue weighted by Gasteiger charge is -2.56. The van der Waals surface area contributed by atoms with Crippen LogP contribution in [-0.2, 0) is 15.0 Å². The summed E-state index contributed by atoms with van der Waals surface area (Å²) in [6.07, 6.45) is 9.11. The van der Waals surface area contributed by atoms with Gasteiger partial charge in [-0.15, -0.1) is 4.40 Å². The second-order valence-electron chi connectivity index (χ2n) is 9.75. The Morgan fingerprint density at radius 1 is 1.16 bits per heavy atom. The summed E-state index contributed by atoms with van der Waals surface area (Å²) in [4.78, 5) is 13.1. The third-order valence-electron chi connectivity index (χ3n) is 7.58. The van der Waals surface area contributed by atoms with Crippen molar-refractivity contribution < 1.29 is 17.9 Å². The van der Waals surface area contributed by atoms with Gasteiger partial charge in [0.25, 0.3) is 5.91 Å². The predicted molar refractivity (Wildman–Crippen MR) is 118 cm³/mol. The molecule has 7 nitrogen and oxygen atoms in total. The largest absolute Gasteiger partial charge is 0.496 e. The van der Waals surface area contributed by atoms with Crippen molar-refractivity contribution >= 4 is 21.8 Å². The molecule has 31 heavy (non-hydrogen) atoms. The van der Waals surface area contributed by atoms with Gasteiger partial charge in [0, 0.05) is 19.2 Å². The maximum atomic E-state index is 13.1. The Morgan fingerprint density at radius 3 is 2.39 bits per heavy atom. The Kier molecular flexibility index (Phi) is 4.88. The summed E-state index contributed by atoms with van der Waals surface area (Å²) in [5.41, 5.74) is 1.00. The predicted octanol–water partition coefficient (Wildman–Crippen LogP) is 2.89. The average Bonchev–Trinajstić information content (AvgIpc) is 2.73. The maximum absolute atomic E-state index is 13.1. The van der Waals surface area contributed by atoms with Gasteiger partial charge in [0.2, 0.25) is 0 Å². The molecule has 1 aromatic rings. The number of benzene rings is 1. The van der Waals surface area contributed by atoms with Crippen LogP contribution < -0.4 is 10.1 Å². The van der Waals surface area contributed by atoms with Crippen molar-refractivity contribution in [3.8, 4) is 5.75 Å². The molecule has 4 bridgehead atoms. The number of likely N-dealkylation sites (N-methyl/N-ethyl adjacent to an activating group) is 1. The molecule has 0 atom stereocenters. The van der Waals surface area contributed by atoms with Crippen LogP contribution in [0.4, 0.5) is 0 Å². The highest BCUT2D eigenvalue weighted by molar-refractivity contribution is 7.88. The van der Waals surface area contributed by atoms with Crippen molar-refractivity contribution in [2.24, 2.45) is 27.6 Å². The Balaban J connectivity index is 1.39. The quantitative estimate of drug-likeness (QED) is 0.758. The Morgan fingerprint density at radius 2 is 1.77 bits per heavy atom. The van der Waals surface area contributed by atoms with Crippen LogP contribution in [0, 0.1) is 23.2 Å². The van der Waals surface area contributed by atoms with E-state index in [0.717, 1.165) is 22.1 Å². The van der Waals surface area contributed by atoms with Gasteiger partial charge in [0.05, 0.1) is 12.8 Å². The molecule has 0 spiro atoms. The van der Waals surface area contributed by atoms with Gasteiger partial charge in [-0.2, -0.15) is 8.42 Å². The van der Waals surface area contributed by atoms with E-state index in [1.165, 1.54) is 58.8 Å². The van der Waals surface area contributed by atoms with E-state index in [2.05, 4.69) is 9.71 Å². The van der Waals surface area contributed by atoms with E-state index in [9.17, 15) is 13.2 Å². The fraction of sp³-hybridized carbons (Fsp3) is 0.565. The van der Waals surface area contributed by atoms with Crippen LogP contribution in [-0.4, -0.2) is 45.0 Å². The number of allylic oxidation sites excluding steroid dienone is 1. The van der Waals surface area contributed by atoms with E-state index in [0.29, 0.717) is 17.9 Å². The number of carbonyl (C=O) groups is 1. The zero-order valence-electron chi connectivity index (χ0n) is 18.0. The normalized spacial score (nSPS) is 33.0. The maximum Gasteiger partial charge on any atom is 0.345 e. The molecule has 5 aliphatic rings. The molecular formula is C23H29N3O4S. The summed E-state index contributed by atoms with van der Waals surface area (Å²) in [7, 11) is -1.12. The number of para-hydroxylation sites is 1. The molecule has 0 radical (unpaired) electrons. The van der Waals surface area contributed by atoms with Gasteiger partial charge in [0.1, 0.15) is 11.4 Å². The molecule has 1 aliphatic heterocycles. The molecule has 4 aliphatic carbocycles. The minimum atomic E-state index is -4.00. The van der Waals surface area contributed by atoms with Crippen LogP contribution in [0.25, 0.3) is 0 Å². The molecule has 4 fully saturated rings. The van der Waals surface area contributed by atoms with Gasteiger partial charge >= 0.3 is 10.2 Å². The summed E-state index contributed by atoms with van der Waals surface area (Å²) in [6, 6.07) is 7.06. The van der Waals surface area contributed by atoms with Crippen LogP contribution >= 0.6 is 0 Å². The van der Waals surface area contributed by atoms with Gasteiger partial charge in [-0.05, 0) is 79.9 Å². The highest BCUT2D eigenvalue weighted by Crippen LogP contribution is 2.59.